The van der Waals surface area contributed by atoms with E-state index < -0.39 is 0 Å². The van der Waals surface area contributed by atoms with Crippen molar-refractivity contribution in [2.24, 2.45) is 0 Å². The molecule has 0 aromatic carbocycles. The minimum absolute atomic E-state index is 0.187. The second-order valence-electron chi connectivity index (χ2n) is 3.09. The summed E-state index contributed by atoms with van der Waals surface area (Å²) >= 11 is 1.83. The first-order valence-corrected chi connectivity index (χ1v) is 5.16. The predicted molar refractivity (Wildman–Crippen MR) is 48.0 cm³/mol. The van der Waals surface area contributed by atoms with Gasteiger partial charge >= 0.3 is 0 Å². The van der Waals surface area contributed by atoms with Crippen molar-refractivity contribution in [3.8, 4) is 0 Å². The number of ether oxygens (including phenoxy) is 1. The largest absolute Gasteiger partial charge is 0.393 e. The molecule has 1 fully saturated rings. The molecule has 0 aliphatic carbocycles. The smallest absolute Gasteiger partial charge is 0.0666 e. The van der Waals surface area contributed by atoms with Crippen molar-refractivity contribution in [2.75, 3.05) is 12.4 Å². The number of hydrogen-bond acceptors (Lipinski definition) is 3. The summed E-state index contributed by atoms with van der Waals surface area (Å²) < 4.78 is 5.40. The Morgan fingerprint density at radius 1 is 1.73 bits per heavy atom. The van der Waals surface area contributed by atoms with E-state index in [1.54, 1.807) is 0 Å². The number of rotatable bonds is 3. The van der Waals surface area contributed by atoms with Crippen LogP contribution in [0.25, 0.3) is 0 Å². The Balaban J connectivity index is 2.15. The summed E-state index contributed by atoms with van der Waals surface area (Å²) in [7, 11) is 0. The maximum atomic E-state index is 9.04. The van der Waals surface area contributed by atoms with Gasteiger partial charge in [-0.25, -0.2) is 0 Å². The number of thioether (sulfide) groups is 1. The topological polar surface area (TPSA) is 29.5 Å². The molecule has 1 heterocycles. The highest BCUT2D eigenvalue weighted by Crippen LogP contribution is 2.26. The summed E-state index contributed by atoms with van der Waals surface area (Å²) in [4.78, 5) is 0. The lowest BCUT2D eigenvalue weighted by Crippen LogP contribution is -2.16. The van der Waals surface area contributed by atoms with E-state index in [9.17, 15) is 0 Å². The molecule has 0 radical (unpaired) electrons. The number of hydrogen-bond donors (Lipinski definition) is 1. The lowest BCUT2D eigenvalue weighted by atomic mass is 10.3. The quantitative estimate of drug-likeness (QED) is 0.702. The Morgan fingerprint density at radius 3 is 2.91 bits per heavy atom. The normalized spacial score (nSPS) is 34.1. The van der Waals surface area contributed by atoms with E-state index in [4.69, 9.17) is 9.84 Å². The standard InChI is InChI=1S/C8H16O2S/c1-6(9)5-11-8-3-4-10-7(8)2/h6-9H,3-5H2,1-2H3. The average Bonchev–Trinajstić information content (AvgIpc) is 2.31. The molecule has 1 N–H and O–H groups in total. The summed E-state index contributed by atoms with van der Waals surface area (Å²) in [6, 6.07) is 0. The zero-order valence-electron chi connectivity index (χ0n) is 7.12. The first-order valence-electron chi connectivity index (χ1n) is 4.11. The molecule has 0 aromatic rings. The number of aliphatic hydroxyl groups excluding tert-OH is 1. The van der Waals surface area contributed by atoms with Crippen LogP contribution in [0.3, 0.4) is 0 Å². The summed E-state index contributed by atoms with van der Waals surface area (Å²) in [6.07, 6.45) is 1.32. The van der Waals surface area contributed by atoms with Gasteiger partial charge in [-0.15, -0.1) is 0 Å². The Morgan fingerprint density at radius 2 is 2.45 bits per heavy atom. The fraction of sp³-hybridized carbons (Fsp3) is 1.00. The molecule has 3 atom stereocenters. The van der Waals surface area contributed by atoms with E-state index in [-0.39, 0.29) is 6.10 Å². The number of aliphatic hydroxyl groups is 1. The Hall–Kier alpha value is 0.270. The van der Waals surface area contributed by atoms with Gasteiger partial charge in [-0.2, -0.15) is 11.8 Å². The van der Waals surface area contributed by atoms with Gasteiger partial charge < -0.3 is 9.84 Å². The molecule has 3 heteroatoms. The van der Waals surface area contributed by atoms with E-state index in [1.165, 1.54) is 0 Å². The molecule has 2 nitrogen and oxygen atoms in total. The van der Waals surface area contributed by atoms with E-state index in [0.717, 1.165) is 18.8 Å². The second-order valence-corrected chi connectivity index (χ2v) is 4.36. The second kappa shape index (κ2) is 4.33. The SMILES string of the molecule is CC(O)CSC1CCOC1C. The molecule has 0 spiro atoms. The third-order valence-corrected chi connectivity index (χ3v) is 3.58. The van der Waals surface area contributed by atoms with Crippen molar-refractivity contribution < 1.29 is 9.84 Å². The fourth-order valence-corrected chi connectivity index (χ4v) is 2.33. The van der Waals surface area contributed by atoms with Crippen molar-refractivity contribution in [1.82, 2.24) is 0 Å². The highest BCUT2D eigenvalue weighted by atomic mass is 32.2. The maximum Gasteiger partial charge on any atom is 0.0666 e. The molecular weight excluding hydrogens is 160 g/mol. The lowest BCUT2D eigenvalue weighted by molar-refractivity contribution is 0.127. The highest BCUT2D eigenvalue weighted by Gasteiger charge is 2.24. The molecule has 1 aliphatic rings. The molecule has 1 rings (SSSR count). The third kappa shape index (κ3) is 3.01. The first-order chi connectivity index (χ1) is 5.20. The van der Waals surface area contributed by atoms with Crippen LogP contribution in [0, 0.1) is 0 Å². The van der Waals surface area contributed by atoms with Crippen LogP contribution in [-0.4, -0.2) is 34.9 Å². The predicted octanol–water partition coefficient (Wildman–Crippen LogP) is 1.28. The van der Waals surface area contributed by atoms with E-state index >= 15 is 0 Å². The average molecular weight is 176 g/mol. The molecule has 0 amide bonds. The summed E-state index contributed by atoms with van der Waals surface area (Å²) in [5, 5.41) is 9.64. The van der Waals surface area contributed by atoms with Gasteiger partial charge in [-0.05, 0) is 20.3 Å². The Labute approximate surface area is 72.3 Å². The van der Waals surface area contributed by atoms with Gasteiger partial charge in [0.1, 0.15) is 0 Å². The Bertz CT molecular complexity index is 117. The van der Waals surface area contributed by atoms with Crippen molar-refractivity contribution >= 4 is 11.8 Å². The summed E-state index contributed by atoms with van der Waals surface area (Å²) in [5.74, 6) is 0.832. The van der Waals surface area contributed by atoms with Crippen molar-refractivity contribution in [2.45, 2.75) is 37.7 Å². The highest BCUT2D eigenvalue weighted by molar-refractivity contribution is 8.00. The molecular formula is C8H16O2S. The van der Waals surface area contributed by atoms with Crippen LogP contribution in [-0.2, 0) is 4.74 Å². The van der Waals surface area contributed by atoms with Gasteiger partial charge in [0.2, 0.25) is 0 Å². The van der Waals surface area contributed by atoms with Crippen LogP contribution in [0.4, 0.5) is 0 Å². The van der Waals surface area contributed by atoms with Gasteiger partial charge in [0.25, 0.3) is 0 Å². The third-order valence-electron chi connectivity index (χ3n) is 1.86. The zero-order valence-corrected chi connectivity index (χ0v) is 7.93. The van der Waals surface area contributed by atoms with Gasteiger partial charge in [-0.1, -0.05) is 0 Å². The first kappa shape index (κ1) is 9.36. The molecule has 1 saturated heterocycles. The van der Waals surface area contributed by atoms with Crippen LogP contribution in [0.2, 0.25) is 0 Å². The monoisotopic (exact) mass is 176 g/mol. The zero-order chi connectivity index (χ0) is 8.27. The minimum atomic E-state index is -0.187. The molecule has 0 bridgehead atoms. The summed E-state index contributed by atoms with van der Waals surface area (Å²) in [6.45, 7) is 4.82. The molecule has 3 unspecified atom stereocenters. The van der Waals surface area contributed by atoms with Gasteiger partial charge in [-0.3, -0.25) is 0 Å². The fourth-order valence-electron chi connectivity index (χ4n) is 1.19. The lowest BCUT2D eigenvalue weighted by Gasteiger charge is -2.13. The van der Waals surface area contributed by atoms with E-state index in [2.05, 4.69) is 6.92 Å². The molecule has 66 valence electrons. The van der Waals surface area contributed by atoms with Gasteiger partial charge in [0.05, 0.1) is 12.2 Å². The maximum absolute atomic E-state index is 9.04. The van der Waals surface area contributed by atoms with Crippen molar-refractivity contribution in [3.05, 3.63) is 0 Å². The summed E-state index contributed by atoms with van der Waals surface area (Å²) in [5.41, 5.74) is 0. The van der Waals surface area contributed by atoms with Crippen LogP contribution in [0.1, 0.15) is 20.3 Å². The van der Waals surface area contributed by atoms with E-state index in [1.807, 2.05) is 18.7 Å². The van der Waals surface area contributed by atoms with Gasteiger partial charge in [0, 0.05) is 17.6 Å². The molecule has 0 aromatic heterocycles. The van der Waals surface area contributed by atoms with Crippen LogP contribution >= 0.6 is 11.8 Å². The van der Waals surface area contributed by atoms with E-state index in [0.29, 0.717) is 11.4 Å². The van der Waals surface area contributed by atoms with Gasteiger partial charge in [0.15, 0.2) is 0 Å². The minimum Gasteiger partial charge on any atom is -0.393 e. The van der Waals surface area contributed by atoms with Crippen molar-refractivity contribution in [3.63, 3.8) is 0 Å². The molecule has 11 heavy (non-hydrogen) atoms. The van der Waals surface area contributed by atoms with Crippen LogP contribution in [0.5, 0.6) is 0 Å². The molecule has 0 saturated carbocycles. The Kier molecular flexibility index (Phi) is 3.69. The van der Waals surface area contributed by atoms with Crippen LogP contribution in [0.15, 0.2) is 0 Å². The van der Waals surface area contributed by atoms with Crippen molar-refractivity contribution in [1.29, 1.82) is 0 Å². The molecule has 1 aliphatic heterocycles. The van der Waals surface area contributed by atoms with Crippen LogP contribution < -0.4 is 0 Å².